The van der Waals surface area contributed by atoms with Gasteiger partial charge in [-0.05, 0) is 47.2 Å². The fourth-order valence-electron chi connectivity index (χ4n) is 3.56. The van der Waals surface area contributed by atoms with Gasteiger partial charge >= 0.3 is 0 Å². The van der Waals surface area contributed by atoms with Crippen molar-refractivity contribution < 1.29 is 4.79 Å². The Balaban J connectivity index is 1.54. The maximum absolute atomic E-state index is 12.6. The van der Waals surface area contributed by atoms with Crippen molar-refractivity contribution in [3.8, 4) is 0 Å². The highest BCUT2D eigenvalue weighted by molar-refractivity contribution is 5.98. The van der Waals surface area contributed by atoms with E-state index in [1.54, 1.807) is 0 Å². The normalized spacial score (nSPS) is 17.5. The van der Waals surface area contributed by atoms with Gasteiger partial charge in [0.05, 0.1) is 0 Å². The molecule has 24 heavy (non-hydrogen) atoms. The van der Waals surface area contributed by atoms with Crippen LogP contribution in [0.15, 0.2) is 78.9 Å². The quantitative estimate of drug-likeness (QED) is 0.550. The Morgan fingerprint density at radius 2 is 1.58 bits per heavy atom. The Bertz CT molecular complexity index is 905. The molecule has 1 unspecified atom stereocenters. The van der Waals surface area contributed by atoms with Crippen LogP contribution in [0.2, 0.25) is 0 Å². The van der Waals surface area contributed by atoms with E-state index in [1.165, 1.54) is 21.9 Å². The number of ketones is 1. The molecule has 0 saturated heterocycles. The van der Waals surface area contributed by atoms with E-state index in [1.807, 2.05) is 30.3 Å². The number of hydrogen-bond acceptors (Lipinski definition) is 1. The Morgan fingerprint density at radius 1 is 0.833 bits per heavy atom. The fourth-order valence-corrected chi connectivity index (χ4v) is 3.56. The first kappa shape index (κ1) is 14.9. The lowest BCUT2D eigenvalue weighted by atomic mass is 9.82. The molecule has 0 amide bonds. The van der Waals surface area contributed by atoms with Gasteiger partial charge in [0, 0.05) is 11.5 Å². The van der Waals surface area contributed by atoms with Crippen LogP contribution in [0, 0.1) is 5.92 Å². The van der Waals surface area contributed by atoms with E-state index in [9.17, 15) is 4.79 Å². The predicted molar refractivity (Wildman–Crippen MR) is 100 cm³/mol. The van der Waals surface area contributed by atoms with E-state index in [4.69, 9.17) is 0 Å². The molecule has 1 aliphatic rings. The minimum atomic E-state index is 0.122. The van der Waals surface area contributed by atoms with Gasteiger partial charge in [-0.2, -0.15) is 0 Å². The summed E-state index contributed by atoms with van der Waals surface area (Å²) in [4.78, 5) is 12.6. The number of allylic oxidation sites excluding steroid dienone is 2. The summed E-state index contributed by atoms with van der Waals surface area (Å²) >= 11 is 0. The molecular formula is C23H20O. The summed E-state index contributed by atoms with van der Waals surface area (Å²) in [7, 11) is 0. The van der Waals surface area contributed by atoms with Gasteiger partial charge in [0.25, 0.3) is 0 Å². The third kappa shape index (κ3) is 2.90. The molecule has 1 nitrogen and oxygen atoms in total. The van der Waals surface area contributed by atoms with Crippen molar-refractivity contribution in [3.63, 3.8) is 0 Å². The van der Waals surface area contributed by atoms with E-state index < -0.39 is 0 Å². The number of carbonyl (C=O) groups is 1. The summed E-state index contributed by atoms with van der Waals surface area (Å²) in [5.74, 6) is 0.404. The van der Waals surface area contributed by atoms with Crippen LogP contribution in [0.1, 0.15) is 35.2 Å². The van der Waals surface area contributed by atoms with Gasteiger partial charge in [-0.25, -0.2) is 0 Å². The Kier molecular flexibility index (Phi) is 4.00. The maximum Gasteiger partial charge on any atom is 0.166 e. The Hall–Kier alpha value is -2.67. The van der Waals surface area contributed by atoms with Crippen LogP contribution in [0.5, 0.6) is 0 Å². The molecule has 0 heterocycles. The number of hydrogen-bond donors (Lipinski definition) is 0. The number of Topliss-reactive ketones (excluding diaryl/α,β-unsaturated/α-hetero) is 1. The first-order valence-electron chi connectivity index (χ1n) is 8.59. The smallest absolute Gasteiger partial charge is 0.166 e. The largest absolute Gasteiger partial charge is 0.294 e. The second kappa shape index (κ2) is 6.45. The minimum absolute atomic E-state index is 0.122. The van der Waals surface area contributed by atoms with Crippen LogP contribution in [0.3, 0.4) is 0 Å². The molecule has 118 valence electrons. The zero-order valence-electron chi connectivity index (χ0n) is 13.6. The highest BCUT2D eigenvalue weighted by Crippen LogP contribution is 2.33. The Labute approximate surface area is 142 Å². The molecule has 3 aromatic rings. The molecule has 0 aliphatic heterocycles. The first-order valence-corrected chi connectivity index (χ1v) is 8.59. The lowest BCUT2D eigenvalue weighted by Gasteiger charge is -2.21. The number of benzene rings is 3. The molecular weight excluding hydrogens is 292 g/mol. The van der Waals surface area contributed by atoms with Gasteiger partial charge in [-0.15, -0.1) is 0 Å². The van der Waals surface area contributed by atoms with Gasteiger partial charge in [0.1, 0.15) is 0 Å². The summed E-state index contributed by atoms with van der Waals surface area (Å²) in [5, 5.41) is 2.55. The molecule has 1 heteroatoms. The van der Waals surface area contributed by atoms with Crippen LogP contribution >= 0.6 is 0 Å². The van der Waals surface area contributed by atoms with Crippen molar-refractivity contribution >= 4 is 22.1 Å². The monoisotopic (exact) mass is 312 g/mol. The Morgan fingerprint density at radius 3 is 2.33 bits per heavy atom. The second-order valence-corrected chi connectivity index (χ2v) is 6.49. The van der Waals surface area contributed by atoms with Crippen molar-refractivity contribution in [2.24, 2.45) is 5.92 Å². The molecule has 0 spiro atoms. The minimum Gasteiger partial charge on any atom is -0.294 e. The van der Waals surface area contributed by atoms with Crippen molar-refractivity contribution in [1.29, 1.82) is 0 Å². The molecule has 0 radical (unpaired) electrons. The lowest BCUT2D eigenvalue weighted by molar-refractivity contribution is 0.0913. The standard InChI is InChI=1S/C23H20O/c24-23(19-7-2-1-3-8-19)20-13-10-18(11-14-20)22-15-12-17-6-4-5-9-21(17)16-22/h1-10,12,15-16,20H,11,13-14H2. The zero-order chi connectivity index (χ0) is 16.4. The van der Waals surface area contributed by atoms with Crippen molar-refractivity contribution in [3.05, 3.63) is 90.0 Å². The number of carbonyl (C=O) groups excluding carboxylic acids is 1. The van der Waals surface area contributed by atoms with Gasteiger partial charge < -0.3 is 0 Å². The third-order valence-electron chi connectivity index (χ3n) is 4.96. The second-order valence-electron chi connectivity index (χ2n) is 6.49. The molecule has 1 aliphatic carbocycles. The van der Waals surface area contributed by atoms with Gasteiger partial charge in [-0.3, -0.25) is 4.79 Å². The molecule has 0 bridgehead atoms. The van der Waals surface area contributed by atoms with E-state index in [0.29, 0.717) is 0 Å². The average Bonchev–Trinajstić information content (AvgIpc) is 2.68. The zero-order valence-corrected chi connectivity index (χ0v) is 13.6. The summed E-state index contributed by atoms with van der Waals surface area (Å²) in [5.41, 5.74) is 3.50. The van der Waals surface area contributed by atoms with Crippen LogP contribution in [0.4, 0.5) is 0 Å². The van der Waals surface area contributed by atoms with Crippen molar-refractivity contribution in [2.75, 3.05) is 0 Å². The third-order valence-corrected chi connectivity index (χ3v) is 4.96. The molecule has 1 atom stereocenters. The molecule has 3 aromatic carbocycles. The van der Waals surface area contributed by atoms with E-state index >= 15 is 0 Å². The van der Waals surface area contributed by atoms with Crippen LogP contribution in [0.25, 0.3) is 16.3 Å². The molecule has 0 saturated carbocycles. The molecule has 4 rings (SSSR count). The summed E-state index contributed by atoms with van der Waals surface area (Å²) in [6.45, 7) is 0. The first-order chi connectivity index (χ1) is 11.8. The lowest BCUT2D eigenvalue weighted by Crippen LogP contribution is -2.17. The van der Waals surface area contributed by atoms with E-state index in [-0.39, 0.29) is 11.7 Å². The summed E-state index contributed by atoms with van der Waals surface area (Å²) in [6.07, 6.45) is 5.02. The predicted octanol–water partition coefficient (Wildman–Crippen LogP) is 5.91. The topological polar surface area (TPSA) is 17.1 Å². The maximum atomic E-state index is 12.6. The highest BCUT2D eigenvalue weighted by Gasteiger charge is 2.23. The summed E-state index contributed by atoms with van der Waals surface area (Å²) < 4.78 is 0. The number of fused-ring (bicyclic) bond motifs is 1. The van der Waals surface area contributed by atoms with Crippen molar-refractivity contribution in [2.45, 2.75) is 19.3 Å². The molecule has 0 N–H and O–H groups in total. The average molecular weight is 312 g/mol. The summed E-state index contributed by atoms with van der Waals surface area (Å²) in [6, 6.07) is 24.8. The van der Waals surface area contributed by atoms with E-state index in [2.05, 4.69) is 48.5 Å². The van der Waals surface area contributed by atoms with Crippen LogP contribution in [-0.4, -0.2) is 5.78 Å². The van der Waals surface area contributed by atoms with Gasteiger partial charge in [0.15, 0.2) is 5.78 Å². The van der Waals surface area contributed by atoms with Gasteiger partial charge in [-0.1, -0.05) is 72.8 Å². The highest BCUT2D eigenvalue weighted by atomic mass is 16.1. The van der Waals surface area contributed by atoms with E-state index in [0.717, 1.165) is 24.8 Å². The number of rotatable bonds is 3. The fraction of sp³-hybridized carbons (Fsp3) is 0.174. The molecule has 0 aromatic heterocycles. The van der Waals surface area contributed by atoms with Crippen molar-refractivity contribution in [1.82, 2.24) is 0 Å². The van der Waals surface area contributed by atoms with Crippen LogP contribution < -0.4 is 0 Å². The van der Waals surface area contributed by atoms with Crippen LogP contribution in [-0.2, 0) is 0 Å². The molecule has 0 fully saturated rings. The van der Waals surface area contributed by atoms with Gasteiger partial charge in [0.2, 0.25) is 0 Å². The SMILES string of the molecule is O=C(c1ccccc1)C1CC=C(c2ccc3ccccc3c2)CC1.